The van der Waals surface area contributed by atoms with Crippen LogP contribution in [-0.2, 0) is 0 Å². The van der Waals surface area contributed by atoms with Crippen molar-refractivity contribution in [3.63, 3.8) is 0 Å². The molecule has 0 atom stereocenters. The number of nitrogens with two attached hydrogens (primary N) is 1. The summed E-state index contributed by atoms with van der Waals surface area (Å²) in [5.41, 5.74) is 8.58. The minimum absolute atomic E-state index is 0.117. The van der Waals surface area contributed by atoms with Crippen LogP contribution in [0, 0.1) is 18.3 Å². The number of aryl methyl sites for hydroxylation is 1. The van der Waals surface area contributed by atoms with Gasteiger partial charge in [-0.05, 0) is 42.8 Å². The number of anilines is 2. The van der Waals surface area contributed by atoms with E-state index in [0.717, 1.165) is 11.3 Å². The van der Waals surface area contributed by atoms with Crippen molar-refractivity contribution >= 4 is 17.3 Å². The summed E-state index contributed by atoms with van der Waals surface area (Å²) < 4.78 is 0. The van der Waals surface area contributed by atoms with Crippen molar-refractivity contribution in [2.45, 2.75) is 13.3 Å². The first-order valence-electron chi connectivity index (χ1n) is 6.73. The van der Waals surface area contributed by atoms with Gasteiger partial charge in [-0.25, -0.2) is 0 Å². The quantitative estimate of drug-likeness (QED) is 0.874. The van der Waals surface area contributed by atoms with E-state index < -0.39 is 0 Å². The van der Waals surface area contributed by atoms with Gasteiger partial charge in [-0.15, -0.1) is 0 Å². The molecule has 0 radical (unpaired) electrons. The van der Waals surface area contributed by atoms with Gasteiger partial charge in [-0.1, -0.05) is 18.2 Å². The fraction of sp³-hybridized carbons (Fsp3) is 0.176. The van der Waals surface area contributed by atoms with Crippen molar-refractivity contribution in [3.05, 3.63) is 59.7 Å². The van der Waals surface area contributed by atoms with E-state index in [0.29, 0.717) is 17.8 Å². The van der Waals surface area contributed by atoms with Crippen LogP contribution < -0.4 is 10.6 Å². The summed E-state index contributed by atoms with van der Waals surface area (Å²) in [4.78, 5) is 14.4. The Bertz CT molecular complexity index is 674. The molecule has 0 fully saturated rings. The number of nitriles is 1. The van der Waals surface area contributed by atoms with Gasteiger partial charge in [0.25, 0.3) is 5.91 Å². The molecule has 0 saturated carbocycles. The van der Waals surface area contributed by atoms with Crippen molar-refractivity contribution in [1.82, 2.24) is 0 Å². The second-order valence-corrected chi connectivity index (χ2v) is 4.77. The topological polar surface area (TPSA) is 70.1 Å². The third kappa shape index (κ3) is 3.40. The summed E-state index contributed by atoms with van der Waals surface area (Å²) in [6.45, 7) is 2.22. The molecule has 4 heteroatoms. The Labute approximate surface area is 124 Å². The van der Waals surface area contributed by atoms with E-state index in [-0.39, 0.29) is 12.3 Å². The molecule has 4 nitrogen and oxygen atoms in total. The summed E-state index contributed by atoms with van der Waals surface area (Å²) in [6, 6.07) is 16.7. The highest BCUT2D eigenvalue weighted by atomic mass is 16.2. The number of nitrogen functional groups attached to an aromatic ring is 1. The molecule has 0 unspecified atom stereocenters. The number of hydrogen-bond donors (Lipinski definition) is 1. The van der Waals surface area contributed by atoms with Gasteiger partial charge in [0.1, 0.15) is 0 Å². The standard InChI is InChI=1S/C17H17N3O/c1-13-12-14(19)8-9-16(13)17(21)20(11-5-10-18)15-6-3-2-4-7-15/h2-4,6-9,12H,5,11,19H2,1H3. The third-order valence-corrected chi connectivity index (χ3v) is 3.24. The summed E-state index contributed by atoms with van der Waals surface area (Å²) in [5, 5.41) is 8.80. The second kappa shape index (κ2) is 6.58. The molecule has 0 spiro atoms. The van der Waals surface area contributed by atoms with Gasteiger partial charge in [0.05, 0.1) is 12.5 Å². The van der Waals surface area contributed by atoms with Crippen LogP contribution in [0.15, 0.2) is 48.5 Å². The lowest BCUT2D eigenvalue weighted by Gasteiger charge is -2.22. The van der Waals surface area contributed by atoms with Crippen LogP contribution in [0.1, 0.15) is 22.3 Å². The maximum atomic E-state index is 12.8. The minimum Gasteiger partial charge on any atom is -0.399 e. The van der Waals surface area contributed by atoms with Gasteiger partial charge >= 0.3 is 0 Å². The Hall–Kier alpha value is -2.80. The first kappa shape index (κ1) is 14.6. The van der Waals surface area contributed by atoms with Crippen LogP contribution in [0.5, 0.6) is 0 Å². The van der Waals surface area contributed by atoms with Crippen molar-refractivity contribution in [1.29, 1.82) is 5.26 Å². The Balaban J connectivity index is 2.37. The van der Waals surface area contributed by atoms with Gasteiger partial charge in [-0.2, -0.15) is 5.26 Å². The zero-order valence-electron chi connectivity index (χ0n) is 11.9. The molecule has 0 heterocycles. The van der Waals surface area contributed by atoms with E-state index in [2.05, 4.69) is 6.07 Å². The van der Waals surface area contributed by atoms with Crippen molar-refractivity contribution in [3.8, 4) is 6.07 Å². The first-order valence-corrected chi connectivity index (χ1v) is 6.73. The van der Waals surface area contributed by atoms with Crippen LogP contribution in [0.3, 0.4) is 0 Å². The smallest absolute Gasteiger partial charge is 0.258 e. The third-order valence-electron chi connectivity index (χ3n) is 3.24. The van der Waals surface area contributed by atoms with Crippen molar-refractivity contribution in [2.75, 3.05) is 17.2 Å². The Morgan fingerprint density at radius 2 is 1.95 bits per heavy atom. The molecule has 2 aromatic rings. The fourth-order valence-electron chi connectivity index (χ4n) is 2.19. The molecule has 2 N–H and O–H groups in total. The fourth-order valence-corrected chi connectivity index (χ4v) is 2.19. The van der Waals surface area contributed by atoms with Crippen LogP contribution in [0.4, 0.5) is 11.4 Å². The monoisotopic (exact) mass is 279 g/mol. The van der Waals surface area contributed by atoms with Crippen LogP contribution in [0.2, 0.25) is 0 Å². The molecule has 0 saturated heterocycles. The normalized spacial score (nSPS) is 9.90. The molecule has 2 aromatic carbocycles. The second-order valence-electron chi connectivity index (χ2n) is 4.77. The number of amides is 1. The number of hydrogen-bond acceptors (Lipinski definition) is 3. The highest BCUT2D eigenvalue weighted by Crippen LogP contribution is 2.20. The van der Waals surface area contributed by atoms with Crippen molar-refractivity contribution < 1.29 is 4.79 Å². The summed E-state index contributed by atoms with van der Waals surface area (Å²) >= 11 is 0. The number of rotatable bonds is 4. The van der Waals surface area contributed by atoms with E-state index in [1.165, 1.54) is 0 Å². The zero-order chi connectivity index (χ0) is 15.2. The molecule has 0 aliphatic carbocycles. The summed E-state index contributed by atoms with van der Waals surface area (Å²) in [7, 11) is 0. The van der Waals surface area contributed by atoms with Crippen molar-refractivity contribution in [2.24, 2.45) is 0 Å². The molecule has 0 aliphatic rings. The predicted octanol–water partition coefficient (Wildman–Crippen LogP) is 3.14. The largest absolute Gasteiger partial charge is 0.399 e. The molecule has 0 aromatic heterocycles. The summed E-state index contributed by atoms with van der Waals surface area (Å²) in [5.74, 6) is -0.117. The maximum Gasteiger partial charge on any atom is 0.258 e. The number of carbonyl (C=O) groups excluding carboxylic acids is 1. The molecule has 1 amide bonds. The average Bonchev–Trinajstić information content (AvgIpc) is 2.48. The zero-order valence-corrected chi connectivity index (χ0v) is 11.9. The number of benzene rings is 2. The van der Waals surface area contributed by atoms with E-state index in [9.17, 15) is 4.79 Å². The van der Waals surface area contributed by atoms with Gasteiger partial charge in [0.15, 0.2) is 0 Å². The van der Waals surface area contributed by atoms with Gasteiger partial charge in [0, 0.05) is 23.5 Å². The average molecular weight is 279 g/mol. The first-order chi connectivity index (χ1) is 10.1. The minimum atomic E-state index is -0.117. The molecule has 106 valence electrons. The lowest BCUT2D eigenvalue weighted by atomic mass is 10.1. The summed E-state index contributed by atoms with van der Waals surface area (Å²) in [6.07, 6.45) is 0.286. The molecular formula is C17H17N3O. The van der Waals surface area contributed by atoms with E-state index >= 15 is 0 Å². The Morgan fingerprint density at radius 1 is 1.24 bits per heavy atom. The van der Waals surface area contributed by atoms with Gasteiger partial charge in [0.2, 0.25) is 0 Å². The van der Waals surface area contributed by atoms with Crippen LogP contribution in [-0.4, -0.2) is 12.5 Å². The predicted molar refractivity (Wildman–Crippen MR) is 83.9 cm³/mol. The van der Waals surface area contributed by atoms with Crippen LogP contribution in [0.25, 0.3) is 0 Å². The maximum absolute atomic E-state index is 12.8. The highest BCUT2D eigenvalue weighted by molar-refractivity contribution is 6.07. The lowest BCUT2D eigenvalue weighted by molar-refractivity contribution is 0.0987. The molecule has 0 aliphatic heterocycles. The molecule has 21 heavy (non-hydrogen) atoms. The molecule has 2 rings (SSSR count). The van der Waals surface area contributed by atoms with Gasteiger partial charge < -0.3 is 10.6 Å². The number of carbonyl (C=O) groups is 1. The van der Waals surface area contributed by atoms with Crippen LogP contribution >= 0.6 is 0 Å². The molecular weight excluding hydrogens is 262 g/mol. The van der Waals surface area contributed by atoms with E-state index in [1.54, 1.807) is 23.1 Å². The van der Waals surface area contributed by atoms with E-state index in [1.807, 2.05) is 37.3 Å². The lowest BCUT2D eigenvalue weighted by Crippen LogP contribution is -2.32. The highest BCUT2D eigenvalue weighted by Gasteiger charge is 2.18. The SMILES string of the molecule is Cc1cc(N)ccc1C(=O)N(CCC#N)c1ccccc1. The Kier molecular flexibility index (Phi) is 4.57. The number of para-hydroxylation sites is 1. The van der Waals surface area contributed by atoms with E-state index in [4.69, 9.17) is 11.0 Å². The number of nitrogens with zero attached hydrogens (tertiary/aromatic N) is 2. The van der Waals surface area contributed by atoms with Gasteiger partial charge in [-0.3, -0.25) is 4.79 Å². The molecule has 0 bridgehead atoms. The Morgan fingerprint density at radius 3 is 2.57 bits per heavy atom.